The second-order valence-corrected chi connectivity index (χ2v) is 8.87. The van der Waals surface area contributed by atoms with Crippen molar-refractivity contribution in [3.05, 3.63) is 59.7 Å². The van der Waals surface area contributed by atoms with Crippen molar-refractivity contribution in [3.8, 4) is 11.1 Å². The minimum atomic E-state index is -0.869. The van der Waals surface area contributed by atoms with Gasteiger partial charge in [-0.25, -0.2) is 4.79 Å². The maximum atomic E-state index is 12.8. The molecule has 33 heavy (non-hydrogen) atoms. The minimum Gasteiger partial charge on any atom is -0.481 e. The van der Waals surface area contributed by atoms with Gasteiger partial charge in [-0.1, -0.05) is 55.0 Å². The average Bonchev–Trinajstić information content (AvgIpc) is 3.39. The number of alkyl carbamates (subject to hydrolysis) is 1. The van der Waals surface area contributed by atoms with Gasteiger partial charge in [0, 0.05) is 32.0 Å². The molecule has 2 N–H and O–H groups in total. The summed E-state index contributed by atoms with van der Waals surface area (Å²) in [6.45, 7) is 0.625. The highest BCUT2D eigenvalue weighted by atomic mass is 16.5. The summed E-state index contributed by atoms with van der Waals surface area (Å²) in [5.41, 5.74) is 4.66. The molecule has 0 heterocycles. The maximum absolute atomic E-state index is 12.8. The highest BCUT2D eigenvalue weighted by Crippen LogP contribution is 2.44. The van der Waals surface area contributed by atoms with Gasteiger partial charge in [-0.15, -0.1) is 0 Å². The van der Waals surface area contributed by atoms with Gasteiger partial charge < -0.3 is 20.1 Å². The average molecular weight is 451 g/mol. The number of rotatable bonds is 8. The Morgan fingerprint density at radius 3 is 2.30 bits per heavy atom. The van der Waals surface area contributed by atoms with Gasteiger partial charge in [-0.2, -0.15) is 0 Å². The fourth-order valence-corrected chi connectivity index (χ4v) is 5.08. The van der Waals surface area contributed by atoms with Crippen LogP contribution in [0.15, 0.2) is 48.5 Å². The number of hydrogen-bond donors (Lipinski definition) is 2. The van der Waals surface area contributed by atoms with Crippen molar-refractivity contribution in [2.24, 2.45) is 5.92 Å². The number of nitrogens with one attached hydrogen (secondary N) is 1. The van der Waals surface area contributed by atoms with Gasteiger partial charge in [0.2, 0.25) is 5.91 Å². The molecule has 1 saturated carbocycles. The Bertz CT molecular complexity index is 991. The molecule has 0 bridgehead atoms. The summed E-state index contributed by atoms with van der Waals surface area (Å²) in [5, 5.41) is 11.7. The Labute approximate surface area is 193 Å². The van der Waals surface area contributed by atoms with Crippen LogP contribution in [-0.2, 0) is 14.3 Å². The van der Waals surface area contributed by atoms with Crippen LogP contribution in [0.4, 0.5) is 4.79 Å². The van der Waals surface area contributed by atoms with E-state index in [0.29, 0.717) is 19.4 Å². The molecular formula is C26H30N2O5. The maximum Gasteiger partial charge on any atom is 0.407 e. The number of hydrogen-bond acceptors (Lipinski definition) is 4. The molecule has 2 aromatic rings. The fourth-order valence-electron chi connectivity index (χ4n) is 5.08. The summed E-state index contributed by atoms with van der Waals surface area (Å²) in [7, 11) is 1.69. The van der Waals surface area contributed by atoms with Gasteiger partial charge in [-0.3, -0.25) is 9.59 Å². The van der Waals surface area contributed by atoms with Crippen molar-refractivity contribution in [1.29, 1.82) is 0 Å². The molecule has 0 radical (unpaired) electrons. The lowest BCUT2D eigenvalue weighted by atomic mass is 9.98. The minimum absolute atomic E-state index is 0.00970. The molecule has 1 fully saturated rings. The molecule has 2 aliphatic carbocycles. The molecule has 2 aliphatic rings. The highest BCUT2D eigenvalue weighted by molar-refractivity contribution is 5.81. The van der Waals surface area contributed by atoms with E-state index in [-0.39, 0.29) is 36.8 Å². The number of nitrogens with zero attached hydrogens (tertiary/aromatic N) is 1. The lowest BCUT2D eigenvalue weighted by Crippen LogP contribution is -2.45. The summed E-state index contributed by atoms with van der Waals surface area (Å²) >= 11 is 0. The molecule has 2 amide bonds. The van der Waals surface area contributed by atoms with E-state index in [9.17, 15) is 14.4 Å². The zero-order valence-corrected chi connectivity index (χ0v) is 18.8. The summed E-state index contributed by atoms with van der Waals surface area (Å²) in [5.74, 6) is -1.24. The van der Waals surface area contributed by atoms with Gasteiger partial charge in [-0.05, 0) is 41.5 Å². The van der Waals surface area contributed by atoms with E-state index in [1.165, 1.54) is 11.1 Å². The molecule has 0 unspecified atom stereocenters. The summed E-state index contributed by atoms with van der Waals surface area (Å²) in [6, 6.07) is 16.1. The van der Waals surface area contributed by atoms with Crippen molar-refractivity contribution in [1.82, 2.24) is 10.2 Å². The number of fused-ring (bicyclic) bond motifs is 3. The van der Waals surface area contributed by atoms with Crippen molar-refractivity contribution in [2.45, 2.75) is 44.1 Å². The van der Waals surface area contributed by atoms with Crippen LogP contribution in [0.5, 0.6) is 0 Å². The van der Waals surface area contributed by atoms with Gasteiger partial charge in [0.15, 0.2) is 0 Å². The van der Waals surface area contributed by atoms with Crippen molar-refractivity contribution in [2.75, 3.05) is 20.2 Å². The van der Waals surface area contributed by atoms with Crippen LogP contribution in [0, 0.1) is 5.92 Å². The largest absolute Gasteiger partial charge is 0.481 e. The third kappa shape index (κ3) is 5.02. The van der Waals surface area contributed by atoms with Crippen molar-refractivity contribution in [3.63, 3.8) is 0 Å². The topological polar surface area (TPSA) is 95.9 Å². The Balaban J connectivity index is 1.33. The third-order valence-corrected chi connectivity index (χ3v) is 6.74. The molecule has 0 spiro atoms. The summed E-state index contributed by atoms with van der Waals surface area (Å²) in [4.78, 5) is 37.8. The first-order valence-corrected chi connectivity index (χ1v) is 11.5. The zero-order valence-electron chi connectivity index (χ0n) is 18.8. The number of amides is 2. The van der Waals surface area contributed by atoms with Crippen LogP contribution < -0.4 is 5.32 Å². The second-order valence-electron chi connectivity index (χ2n) is 8.87. The smallest absolute Gasteiger partial charge is 0.407 e. The first-order valence-electron chi connectivity index (χ1n) is 11.5. The van der Waals surface area contributed by atoms with E-state index in [0.717, 1.165) is 24.0 Å². The first-order chi connectivity index (χ1) is 16.0. The van der Waals surface area contributed by atoms with Crippen LogP contribution in [0.1, 0.15) is 49.1 Å². The highest BCUT2D eigenvalue weighted by Gasteiger charge is 2.36. The lowest BCUT2D eigenvalue weighted by molar-refractivity contribution is -0.138. The van der Waals surface area contributed by atoms with E-state index in [2.05, 4.69) is 29.6 Å². The van der Waals surface area contributed by atoms with Crippen LogP contribution in [-0.4, -0.2) is 54.2 Å². The van der Waals surface area contributed by atoms with Crippen LogP contribution in [0.2, 0.25) is 0 Å². The van der Waals surface area contributed by atoms with E-state index >= 15 is 0 Å². The van der Waals surface area contributed by atoms with Crippen molar-refractivity contribution < 1.29 is 24.2 Å². The third-order valence-electron chi connectivity index (χ3n) is 6.74. The van der Waals surface area contributed by atoms with Crippen LogP contribution in [0.3, 0.4) is 0 Å². The second kappa shape index (κ2) is 10.1. The molecule has 2 atom stereocenters. The van der Waals surface area contributed by atoms with Crippen LogP contribution in [0.25, 0.3) is 11.1 Å². The number of carboxylic acids is 1. The number of carbonyl (C=O) groups is 3. The van der Waals surface area contributed by atoms with Crippen molar-refractivity contribution >= 4 is 18.0 Å². The monoisotopic (exact) mass is 450 g/mol. The normalized spacial score (nSPS) is 18.9. The summed E-state index contributed by atoms with van der Waals surface area (Å²) < 4.78 is 5.64. The summed E-state index contributed by atoms with van der Waals surface area (Å²) in [6.07, 6.45) is 2.22. The standard InChI is InChI=1S/C26H30N2O5/c1-28(15-7-14-24(29)30)25(31)21-12-6-13-23(21)27-26(32)33-16-22-19-10-4-2-8-17(19)18-9-3-5-11-20(18)22/h2-5,8-11,21-23H,6-7,12-16H2,1H3,(H,27,32)(H,29,30)/t21-,23+/m0/s1. The molecule has 2 aromatic carbocycles. The van der Waals surface area contributed by atoms with Gasteiger partial charge in [0.05, 0.1) is 5.92 Å². The molecule has 7 nitrogen and oxygen atoms in total. The molecule has 174 valence electrons. The molecule has 0 saturated heterocycles. The van der Waals surface area contributed by atoms with Gasteiger partial charge in [0.25, 0.3) is 0 Å². The fraction of sp³-hybridized carbons (Fsp3) is 0.423. The number of carboxylic acid groups (broad SMARTS) is 1. The Hall–Kier alpha value is -3.35. The van der Waals surface area contributed by atoms with E-state index in [4.69, 9.17) is 9.84 Å². The lowest BCUT2D eigenvalue weighted by Gasteiger charge is -2.25. The Morgan fingerprint density at radius 2 is 1.67 bits per heavy atom. The molecule has 7 heteroatoms. The number of ether oxygens (including phenoxy) is 1. The molecule has 4 rings (SSSR count). The van der Waals surface area contributed by atoms with E-state index < -0.39 is 12.1 Å². The molecule has 0 aromatic heterocycles. The number of carbonyl (C=O) groups excluding carboxylic acids is 2. The zero-order chi connectivity index (χ0) is 23.4. The molecule has 0 aliphatic heterocycles. The van der Waals surface area contributed by atoms with Gasteiger partial charge >= 0.3 is 12.1 Å². The first kappa shape index (κ1) is 22.8. The SMILES string of the molecule is CN(CCCC(=O)O)C(=O)[C@H]1CCC[C@H]1NC(=O)OCC1c2ccccc2-c2ccccc21. The van der Waals surface area contributed by atoms with E-state index in [1.54, 1.807) is 11.9 Å². The predicted octanol–water partition coefficient (Wildman–Crippen LogP) is 4.02. The molecular weight excluding hydrogens is 420 g/mol. The van der Waals surface area contributed by atoms with E-state index in [1.807, 2.05) is 24.3 Å². The Morgan fingerprint density at radius 1 is 1.03 bits per heavy atom. The number of benzene rings is 2. The number of aliphatic carboxylic acids is 1. The Kier molecular flexibility index (Phi) is 6.96. The quantitative estimate of drug-likeness (QED) is 0.633. The predicted molar refractivity (Wildman–Crippen MR) is 124 cm³/mol. The van der Waals surface area contributed by atoms with Crippen LogP contribution >= 0.6 is 0 Å². The van der Waals surface area contributed by atoms with Gasteiger partial charge in [0.1, 0.15) is 6.61 Å².